The molecule has 0 aromatic heterocycles. The van der Waals surface area contributed by atoms with Crippen LogP contribution in [-0.4, -0.2) is 35.5 Å². The molecule has 162 valence electrons. The van der Waals surface area contributed by atoms with Gasteiger partial charge >= 0.3 is 6.03 Å². The van der Waals surface area contributed by atoms with Crippen LogP contribution in [0.15, 0.2) is 60.3 Å². The van der Waals surface area contributed by atoms with Crippen molar-refractivity contribution in [1.29, 1.82) is 0 Å². The summed E-state index contributed by atoms with van der Waals surface area (Å²) in [4.78, 5) is 32.5. The van der Waals surface area contributed by atoms with Gasteiger partial charge in [-0.25, -0.2) is 4.79 Å². The Bertz CT molecular complexity index is 985. The van der Waals surface area contributed by atoms with Gasteiger partial charge in [0.1, 0.15) is 11.3 Å². The van der Waals surface area contributed by atoms with Crippen molar-refractivity contribution in [3.8, 4) is 0 Å². The number of likely N-dealkylation sites (tertiary alicyclic amines) is 1. The number of piperidine rings is 1. The second-order valence-corrected chi connectivity index (χ2v) is 8.43. The van der Waals surface area contributed by atoms with E-state index in [0.717, 1.165) is 5.56 Å². The highest BCUT2D eigenvalue weighted by atomic mass is 35.5. The number of carbonyl (C=O) groups excluding carboxylic acids is 2. The van der Waals surface area contributed by atoms with E-state index < -0.39 is 5.60 Å². The third-order valence-electron chi connectivity index (χ3n) is 5.38. The molecule has 31 heavy (non-hydrogen) atoms. The maximum Gasteiger partial charge on any atom is 0.321 e. The van der Waals surface area contributed by atoms with Crippen LogP contribution >= 0.6 is 23.2 Å². The Kier molecular flexibility index (Phi) is 6.36. The van der Waals surface area contributed by atoms with Gasteiger partial charge in [0, 0.05) is 48.2 Å². The van der Waals surface area contributed by atoms with Crippen LogP contribution in [0.2, 0.25) is 10.0 Å². The summed E-state index contributed by atoms with van der Waals surface area (Å²) in [5.74, 6) is -0.241. The smallest absolute Gasteiger partial charge is 0.321 e. The van der Waals surface area contributed by atoms with Gasteiger partial charge < -0.3 is 15.5 Å². The van der Waals surface area contributed by atoms with Gasteiger partial charge in [-0.3, -0.25) is 15.1 Å². The first-order valence-corrected chi connectivity index (χ1v) is 10.7. The minimum absolute atomic E-state index is 0.173. The summed E-state index contributed by atoms with van der Waals surface area (Å²) >= 11 is 11.8. The van der Waals surface area contributed by atoms with Gasteiger partial charge in [-0.2, -0.15) is 0 Å². The van der Waals surface area contributed by atoms with Crippen LogP contribution in [-0.2, 0) is 16.2 Å². The van der Waals surface area contributed by atoms with Gasteiger partial charge in [0.25, 0.3) is 5.91 Å². The minimum Gasteiger partial charge on any atom is -0.347 e. The number of halogens is 2. The van der Waals surface area contributed by atoms with Crippen LogP contribution in [0.5, 0.6) is 0 Å². The molecule has 2 aromatic carbocycles. The average Bonchev–Trinajstić information content (AvgIpc) is 3.19. The van der Waals surface area contributed by atoms with Gasteiger partial charge in [0.15, 0.2) is 0 Å². The molecular formula is C22H22Cl2N4O3. The summed E-state index contributed by atoms with van der Waals surface area (Å²) in [6.45, 7) is 1.41. The standard InChI is InChI=1S/C22H22Cl2N4O3/c23-16-3-1-15(2-4-16)14-25-20(29)19-13-22(31-27-19)9-11-28(12-10-22)21(30)26-18-7-5-17(24)6-8-18/h1-8,13,27H,9-12,14H2,(H,25,29)(H,26,30). The molecule has 7 nitrogen and oxygen atoms in total. The fourth-order valence-electron chi connectivity index (χ4n) is 3.54. The van der Waals surface area contributed by atoms with Crippen molar-refractivity contribution in [2.24, 2.45) is 0 Å². The summed E-state index contributed by atoms with van der Waals surface area (Å²) in [6, 6.07) is 14.1. The van der Waals surface area contributed by atoms with Crippen molar-refractivity contribution in [2.45, 2.75) is 25.0 Å². The number of nitrogens with zero attached hydrogens (tertiary/aromatic N) is 1. The lowest BCUT2D eigenvalue weighted by Gasteiger charge is -2.36. The van der Waals surface area contributed by atoms with Crippen LogP contribution in [0.1, 0.15) is 18.4 Å². The van der Waals surface area contributed by atoms with Crippen molar-refractivity contribution < 1.29 is 14.4 Å². The van der Waals surface area contributed by atoms with E-state index in [2.05, 4.69) is 16.1 Å². The van der Waals surface area contributed by atoms with Gasteiger partial charge in [-0.1, -0.05) is 35.3 Å². The maximum atomic E-state index is 12.5. The van der Waals surface area contributed by atoms with Crippen LogP contribution < -0.4 is 16.1 Å². The molecule has 2 aliphatic heterocycles. The molecule has 2 aliphatic rings. The van der Waals surface area contributed by atoms with Crippen molar-refractivity contribution in [3.63, 3.8) is 0 Å². The zero-order chi connectivity index (χ0) is 21.8. The van der Waals surface area contributed by atoms with E-state index in [-0.39, 0.29) is 11.9 Å². The van der Waals surface area contributed by atoms with Gasteiger partial charge in [0.05, 0.1) is 0 Å². The number of anilines is 1. The van der Waals surface area contributed by atoms with E-state index in [9.17, 15) is 9.59 Å². The molecule has 1 spiro atoms. The minimum atomic E-state index is -0.593. The first-order valence-electron chi connectivity index (χ1n) is 9.93. The number of carbonyl (C=O) groups is 2. The molecule has 0 aliphatic carbocycles. The molecule has 0 bridgehead atoms. The Morgan fingerprint density at radius 2 is 1.61 bits per heavy atom. The summed E-state index contributed by atoms with van der Waals surface area (Å²) in [5, 5.41) is 6.99. The van der Waals surface area contributed by atoms with Gasteiger partial charge in [-0.05, 0) is 48.0 Å². The number of rotatable bonds is 4. The van der Waals surface area contributed by atoms with Gasteiger partial charge in [-0.15, -0.1) is 0 Å². The number of benzene rings is 2. The van der Waals surface area contributed by atoms with Gasteiger partial charge in [0.2, 0.25) is 0 Å². The molecule has 2 aromatic rings. The monoisotopic (exact) mass is 460 g/mol. The van der Waals surface area contributed by atoms with Crippen molar-refractivity contribution in [1.82, 2.24) is 15.7 Å². The number of hydrogen-bond donors (Lipinski definition) is 3. The molecule has 0 radical (unpaired) electrons. The number of nitrogens with one attached hydrogen (secondary N) is 3. The maximum absolute atomic E-state index is 12.5. The van der Waals surface area contributed by atoms with Crippen molar-refractivity contribution in [2.75, 3.05) is 18.4 Å². The fourth-order valence-corrected chi connectivity index (χ4v) is 3.79. The second kappa shape index (κ2) is 9.18. The molecule has 1 fully saturated rings. The average molecular weight is 461 g/mol. The largest absolute Gasteiger partial charge is 0.347 e. The Morgan fingerprint density at radius 1 is 1.00 bits per heavy atom. The molecule has 4 rings (SSSR count). The molecule has 3 N–H and O–H groups in total. The topological polar surface area (TPSA) is 82.7 Å². The van der Waals surface area contributed by atoms with Crippen LogP contribution in [0.3, 0.4) is 0 Å². The lowest BCUT2D eigenvalue weighted by molar-refractivity contribution is -0.120. The van der Waals surface area contributed by atoms with E-state index >= 15 is 0 Å². The number of hydrogen-bond acceptors (Lipinski definition) is 4. The quantitative estimate of drug-likeness (QED) is 0.641. The third kappa shape index (κ3) is 5.31. The Labute approximate surface area is 190 Å². The SMILES string of the molecule is O=C(NCc1ccc(Cl)cc1)C1=CC2(CCN(C(=O)Nc3ccc(Cl)cc3)CC2)ON1. The van der Waals surface area contributed by atoms with E-state index in [1.54, 1.807) is 41.3 Å². The summed E-state index contributed by atoms with van der Waals surface area (Å²) in [5.41, 5.74) is 4.18. The summed E-state index contributed by atoms with van der Waals surface area (Å²) in [7, 11) is 0. The van der Waals surface area contributed by atoms with E-state index in [4.69, 9.17) is 28.0 Å². The summed E-state index contributed by atoms with van der Waals surface area (Å²) < 4.78 is 0. The molecular weight excluding hydrogens is 439 g/mol. The summed E-state index contributed by atoms with van der Waals surface area (Å²) in [6.07, 6.45) is 2.99. The van der Waals surface area contributed by atoms with E-state index in [1.165, 1.54) is 0 Å². The second-order valence-electron chi connectivity index (χ2n) is 7.56. The zero-order valence-corrected chi connectivity index (χ0v) is 18.2. The lowest BCUT2D eigenvalue weighted by atomic mass is 9.91. The highest BCUT2D eigenvalue weighted by Gasteiger charge is 2.40. The number of hydroxylamine groups is 1. The molecule has 0 saturated carbocycles. The molecule has 9 heteroatoms. The highest BCUT2D eigenvalue weighted by Crippen LogP contribution is 2.32. The Balaban J connectivity index is 1.29. The van der Waals surface area contributed by atoms with Crippen molar-refractivity contribution >= 4 is 40.8 Å². The normalized spacial score (nSPS) is 17.1. The number of amides is 3. The fraction of sp³-hybridized carbons (Fsp3) is 0.273. The predicted molar refractivity (Wildman–Crippen MR) is 120 cm³/mol. The van der Waals surface area contributed by atoms with E-state index in [0.29, 0.717) is 53.9 Å². The lowest BCUT2D eigenvalue weighted by Crippen LogP contribution is -2.48. The zero-order valence-electron chi connectivity index (χ0n) is 16.7. The molecule has 0 atom stereocenters. The molecule has 2 heterocycles. The number of urea groups is 1. The third-order valence-corrected chi connectivity index (χ3v) is 5.88. The molecule has 0 unspecified atom stereocenters. The highest BCUT2D eigenvalue weighted by molar-refractivity contribution is 6.30. The predicted octanol–water partition coefficient (Wildman–Crippen LogP) is 4.10. The van der Waals surface area contributed by atoms with E-state index in [1.807, 2.05) is 18.2 Å². The first kappa shape index (κ1) is 21.5. The van der Waals surface area contributed by atoms with Crippen LogP contribution in [0, 0.1) is 0 Å². The molecule has 3 amide bonds. The molecule has 1 saturated heterocycles. The van der Waals surface area contributed by atoms with Crippen LogP contribution in [0.4, 0.5) is 10.5 Å². The van der Waals surface area contributed by atoms with Crippen LogP contribution in [0.25, 0.3) is 0 Å². The van der Waals surface area contributed by atoms with Crippen molar-refractivity contribution in [3.05, 3.63) is 75.9 Å². The first-order chi connectivity index (χ1) is 14.9. The Hall–Kier alpha value is -2.74. The Morgan fingerprint density at radius 3 is 2.26 bits per heavy atom.